The number of fused-ring (bicyclic) bond motifs is 2. The fourth-order valence-corrected chi connectivity index (χ4v) is 3.56. The summed E-state index contributed by atoms with van der Waals surface area (Å²) >= 11 is 0. The maximum Gasteiger partial charge on any atom is 0.0706 e. The van der Waals surface area contributed by atoms with Gasteiger partial charge in [0.05, 0.1) is 11.2 Å². The average molecular weight is 198 g/mol. The molecular formula is C12H22O2. The van der Waals surface area contributed by atoms with Crippen molar-refractivity contribution < 1.29 is 9.84 Å². The van der Waals surface area contributed by atoms with Crippen molar-refractivity contribution >= 4 is 0 Å². The summed E-state index contributed by atoms with van der Waals surface area (Å²) in [4.78, 5) is 0. The molecule has 0 heterocycles. The Balaban J connectivity index is 2.17. The zero-order chi connectivity index (χ0) is 10.2. The third-order valence-electron chi connectivity index (χ3n) is 4.31. The second-order valence-corrected chi connectivity index (χ2v) is 5.31. The van der Waals surface area contributed by atoms with Gasteiger partial charge in [0.25, 0.3) is 0 Å². The molecule has 0 saturated heterocycles. The molecule has 0 aliphatic heterocycles. The summed E-state index contributed by atoms with van der Waals surface area (Å²) < 4.78 is 5.67. The summed E-state index contributed by atoms with van der Waals surface area (Å²) in [6.07, 6.45) is 7.51. The van der Waals surface area contributed by atoms with Crippen LogP contribution in [0.15, 0.2) is 0 Å². The first-order valence-corrected chi connectivity index (χ1v) is 5.89. The van der Waals surface area contributed by atoms with Gasteiger partial charge in [-0.3, -0.25) is 0 Å². The third-order valence-corrected chi connectivity index (χ3v) is 4.31. The Bertz CT molecular complexity index is 210. The minimum atomic E-state index is -0.410. The molecule has 2 aliphatic carbocycles. The van der Waals surface area contributed by atoms with Gasteiger partial charge in [-0.15, -0.1) is 0 Å². The van der Waals surface area contributed by atoms with Crippen LogP contribution in [-0.2, 0) is 4.74 Å². The Morgan fingerprint density at radius 1 is 1.43 bits per heavy atom. The molecule has 82 valence electrons. The number of hydrogen-bond acceptors (Lipinski definition) is 2. The van der Waals surface area contributed by atoms with Gasteiger partial charge in [0.15, 0.2) is 0 Å². The molecule has 0 radical (unpaired) electrons. The molecule has 0 aromatic rings. The van der Waals surface area contributed by atoms with Crippen LogP contribution in [0, 0.1) is 5.92 Å². The zero-order valence-corrected chi connectivity index (χ0v) is 9.38. The lowest BCUT2D eigenvalue weighted by atomic mass is 9.63. The highest BCUT2D eigenvalue weighted by atomic mass is 16.5. The van der Waals surface area contributed by atoms with E-state index in [9.17, 15) is 5.11 Å². The lowest BCUT2D eigenvalue weighted by molar-refractivity contribution is -0.154. The minimum Gasteiger partial charge on any atom is -0.390 e. The fourth-order valence-electron chi connectivity index (χ4n) is 3.56. The lowest BCUT2D eigenvalue weighted by Gasteiger charge is -2.50. The van der Waals surface area contributed by atoms with Crippen LogP contribution in [0.2, 0.25) is 0 Å². The van der Waals surface area contributed by atoms with Gasteiger partial charge in [-0.2, -0.15) is 0 Å². The van der Waals surface area contributed by atoms with Crippen LogP contribution in [0.25, 0.3) is 0 Å². The molecule has 0 amide bonds. The van der Waals surface area contributed by atoms with E-state index in [0.29, 0.717) is 5.92 Å². The summed E-state index contributed by atoms with van der Waals surface area (Å²) in [7, 11) is 1.80. The fraction of sp³-hybridized carbons (Fsp3) is 1.00. The van der Waals surface area contributed by atoms with E-state index >= 15 is 0 Å². The molecular weight excluding hydrogens is 176 g/mol. The van der Waals surface area contributed by atoms with Crippen molar-refractivity contribution in [2.75, 3.05) is 7.11 Å². The van der Waals surface area contributed by atoms with Crippen molar-refractivity contribution in [1.29, 1.82) is 0 Å². The summed E-state index contributed by atoms with van der Waals surface area (Å²) in [6.45, 7) is 2.17. The highest BCUT2D eigenvalue weighted by Gasteiger charge is 2.48. The summed E-state index contributed by atoms with van der Waals surface area (Å²) in [5.74, 6) is 0.697. The van der Waals surface area contributed by atoms with Crippen LogP contribution in [0.4, 0.5) is 0 Å². The van der Waals surface area contributed by atoms with Gasteiger partial charge in [0.1, 0.15) is 0 Å². The van der Waals surface area contributed by atoms with Crippen LogP contribution in [0.5, 0.6) is 0 Å². The molecule has 3 unspecified atom stereocenters. The Morgan fingerprint density at radius 2 is 2.21 bits per heavy atom. The monoisotopic (exact) mass is 198 g/mol. The predicted molar refractivity (Wildman–Crippen MR) is 56.2 cm³/mol. The molecule has 3 atom stereocenters. The average Bonchev–Trinajstić information content (AvgIpc) is 2.16. The molecule has 2 bridgehead atoms. The normalized spacial score (nSPS) is 47.8. The van der Waals surface area contributed by atoms with Gasteiger partial charge >= 0.3 is 0 Å². The molecule has 0 aromatic heterocycles. The van der Waals surface area contributed by atoms with E-state index in [1.807, 2.05) is 0 Å². The number of aliphatic hydroxyl groups is 1. The zero-order valence-electron chi connectivity index (χ0n) is 9.38. The van der Waals surface area contributed by atoms with E-state index in [2.05, 4.69) is 6.92 Å². The van der Waals surface area contributed by atoms with E-state index < -0.39 is 5.60 Å². The molecule has 2 heteroatoms. The maximum absolute atomic E-state index is 10.4. The van der Waals surface area contributed by atoms with Gasteiger partial charge in [0.2, 0.25) is 0 Å². The second kappa shape index (κ2) is 3.49. The maximum atomic E-state index is 10.4. The van der Waals surface area contributed by atoms with Crippen LogP contribution < -0.4 is 0 Å². The van der Waals surface area contributed by atoms with Crippen LogP contribution >= 0.6 is 0 Å². The number of hydrogen-bond donors (Lipinski definition) is 1. The van der Waals surface area contributed by atoms with E-state index in [-0.39, 0.29) is 5.60 Å². The Labute approximate surface area is 86.6 Å². The van der Waals surface area contributed by atoms with Gasteiger partial charge in [-0.1, -0.05) is 19.8 Å². The SMILES string of the molecule is CCC1(OC)CC2CCCC(O)(C2)C1. The summed E-state index contributed by atoms with van der Waals surface area (Å²) in [5.41, 5.74) is -0.439. The van der Waals surface area contributed by atoms with Crippen molar-refractivity contribution in [2.24, 2.45) is 5.92 Å². The molecule has 0 aromatic carbocycles. The number of rotatable bonds is 2. The molecule has 14 heavy (non-hydrogen) atoms. The molecule has 2 nitrogen and oxygen atoms in total. The van der Waals surface area contributed by atoms with Crippen molar-refractivity contribution in [3.05, 3.63) is 0 Å². The topological polar surface area (TPSA) is 29.5 Å². The first-order chi connectivity index (χ1) is 6.61. The van der Waals surface area contributed by atoms with E-state index in [4.69, 9.17) is 4.74 Å². The highest BCUT2D eigenvalue weighted by molar-refractivity contribution is 5.01. The Kier molecular flexibility index (Phi) is 2.61. The van der Waals surface area contributed by atoms with Gasteiger partial charge in [-0.05, 0) is 31.6 Å². The molecule has 2 aliphatic rings. The van der Waals surface area contributed by atoms with Crippen molar-refractivity contribution in [2.45, 2.75) is 63.1 Å². The van der Waals surface area contributed by atoms with Crippen LogP contribution in [-0.4, -0.2) is 23.4 Å². The van der Waals surface area contributed by atoms with Crippen molar-refractivity contribution in [3.63, 3.8) is 0 Å². The Morgan fingerprint density at radius 3 is 2.79 bits per heavy atom. The molecule has 0 spiro atoms. The standard InChI is InChI=1S/C12H22O2/c1-3-12(14-2)8-10-5-4-6-11(13,7-10)9-12/h10,13H,3-9H2,1-2H3. The molecule has 2 rings (SSSR count). The second-order valence-electron chi connectivity index (χ2n) is 5.31. The summed E-state index contributed by atoms with van der Waals surface area (Å²) in [5, 5.41) is 10.4. The smallest absolute Gasteiger partial charge is 0.0706 e. The number of methoxy groups -OCH3 is 1. The van der Waals surface area contributed by atoms with Crippen LogP contribution in [0.3, 0.4) is 0 Å². The van der Waals surface area contributed by atoms with Crippen molar-refractivity contribution in [1.82, 2.24) is 0 Å². The van der Waals surface area contributed by atoms with Gasteiger partial charge < -0.3 is 9.84 Å². The van der Waals surface area contributed by atoms with Crippen LogP contribution in [0.1, 0.15) is 51.9 Å². The summed E-state index contributed by atoms with van der Waals surface area (Å²) in [6, 6.07) is 0. The third kappa shape index (κ3) is 1.70. The van der Waals surface area contributed by atoms with Crippen molar-refractivity contribution in [3.8, 4) is 0 Å². The van der Waals surface area contributed by atoms with Gasteiger partial charge in [-0.25, -0.2) is 0 Å². The number of ether oxygens (including phenoxy) is 1. The molecule has 2 saturated carbocycles. The van der Waals surface area contributed by atoms with E-state index in [1.54, 1.807) is 7.11 Å². The quantitative estimate of drug-likeness (QED) is 0.738. The predicted octanol–water partition coefficient (Wildman–Crippen LogP) is 2.50. The first-order valence-electron chi connectivity index (χ1n) is 5.89. The Hall–Kier alpha value is -0.0800. The minimum absolute atomic E-state index is 0.0297. The van der Waals surface area contributed by atoms with E-state index in [0.717, 1.165) is 32.1 Å². The molecule has 2 fully saturated rings. The highest BCUT2D eigenvalue weighted by Crippen LogP contribution is 2.49. The lowest BCUT2D eigenvalue weighted by Crippen LogP contribution is -2.51. The largest absolute Gasteiger partial charge is 0.390 e. The van der Waals surface area contributed by atoms with Gasteiger partial charge in [0, 0.05) is 13.5 Å². The molecule has 1 N–H and O–H groups in total. The van der Waals surface area contributed by atoms with E-state index in [1.165, 1.54) is 12.8 Å². The first kappa shape index (κ1) is 10.4.